The minimum Gasteiger partial charge on any atom is -0.488 e. The van der Waals surface area contributed by atoms with Gasteiger partial charge in [0.15, 0.2) is 0 Å². The van der Waals surface area contributed by atoms with Gasteiger partial charge in [-0.3, -0.25) is 10.4 Å². The van der Waals surface area contributed by atoms with Gasteiger partial charge in [0.25, 0.3) is 0 Å². The van der Waals surface area contributed by atoms with Gasteiger partial charge in [-0.2, -0.15) is 5.26 Å². The number of rotatable bonds is 10. The molecule has 0 amide bonds. The van der Waals surface area contributed by atoms with E-state index in [-0.39, 0.29) is 11.9 Å². The van der Waals surface area contributed by atoms with Gasteiger partial charge in [0.1, 0.15) is 23.8 Å². The third kappa shape index (κ3) is 7.45. The van der Waals surface area contributed by atoms with Crippen molar-refractivity contribution < 1.29 is 9.47 Å². The summed E-state index contributed by atoms with van der Waals surface area (Å²) >= 11 is 0. The van der Waals surface area contributed by atoms with Crippen molar-refractivity contribution in [3.63, 3.8) is 0 Å². The van der Waals surface area contributed by atoms with Gasteiger partial charge in [-0.25, -0.2) is 0 Å². The third-order valence-electron chi connectivity index (χ3n) is 5.18. The maximum absolute atomic E-state index is 9.45. The summed E-state index contributed by atoms with van der Waals surface area (Å²) in [6.45, 7) is 3.16. The van der Waals surface area contributed by atoms with Crippen molar-refractivity contribution in [2.24, 2.45) is 4.99 Å². The number of hydrogen-bond acceptors (Lipinski definition) is 7. The predicted molar refractivity (Wildman–Crippen MR) is 133 cm³/mol. The van der Waals surface area contributed by atoms with Gasteiger partial charge in [-0.15, -0.1) is 0 Å². The monoisotopic (exact) mass is 446 g/mol. The van der Waals surface area contributed by atoms with E-state index in [4.69, 9.17) is 14.9 Å². The second-order valence-electron chi connectivity index (χ2n) is 7.70. The molecule has 1 heterocycles. The number of aliphatic imine (C=N–C) groups is 1. The van der Waals surface area contributed by atoms with Crippen LogP contribution in [0.15, 0.2) is 59.7 Å². The van der Waals surface area contributed by atoms with E-state index in [1.165, 1.54) is 0 Å². The molecule has 1 saturated heterocycles. The van der Waals surface area contributed by atoms with Gasteiger partial charge in [0, 0.05) is 51.0 Å². The summed E-state index contributed by atoms with van der Waals surface area (Å²) in [6.07, 6.45) is 5.81. The van der Waals surface area contributed by atoms with Crippen molar-refractivity contribution in [2.45, 2.75) is 12.5 Å². The number of nitrogens with one attached hydrogen (secondary N) is 3. The SMILES string of the molecule is COCCN(C)c1cccc(NC(=N)/C=C\N=C\c2ccc(O[C@@H]3CCNC3)c(C#N)c2)c1. The summed E-state index contributed by atoms with van der Waals surface area (Å²) in [5.41, 5.74) is 3.14. The van der Waals surface area contributed by atoms with Crippen LogP contribution in [-0.4, -0.2) is 58.6 Å². The number of amidine groups is 1. The average Bonchev–Trinajstić information content (AvgIpc) is 3.34. The highest BCUT2D eigenvalue weighted by Crippen LogP contribution is 2.22. The van der Waals surface area contributed by atoms with Crippen molar-refractivity contribution in [3.8, 4) is 11.8 Å². The van der Waals surface area contributed by atoms with E-state index in [0.717, 1.165) is 43.0 Å². The molecule has 0 radical (unpaired) electrons. The molecule has 2 aromatic carbocycles. The maximum atomic E-state index is 9.45. The minimum absolute atomic E-state index is 0.101. The number of nitrogens with zero attached hydrogens (tertiary/aromatic N) is 3. The Labute approximate surface area is 195 Å². The molecule has 1 aliphatic heterocycles. The standard InChI is InChI=1S/C25H30N6O2/c1-31(12-13-32-2)22-5-3-4-21(15-22)30-25(27)9-11-28-17-19-6-7-24(20(14-19)16-26)33-23-8-10-29-18-23/h3-7,9,11,14-15,17,23,29H,8,10,12-13,18H2,1-2H3,(H2,27,30)/b11-9-,28-17+/t23-/m1/s1. The minimum atomic E-state index is 0.101. The number of benzene rings is 2. The van der Waals surface area contributed by atoms with Crippen LogP contribution in [0.25, 0.3) is 0 Å². The molecule has 0 saturated carbocycles. The van der Waals surface area contributed by atoms with Crippen molar-refractivity contribution in [2.75, 3.05) is 50.6 Å². The summed E-state index contributed by atoms with van der Waals surface area (Å²) in [5, 5.41) is 23.9. The van der Waals surface area contributed by atoms with E-state index >= 15 is 0 Å². The molecule has 0 spiro atoms. The number of anilines is 2. The molecule has 3 rings (SSSR count). The van der Waals surface area contributed by atoms with Crippen LogP contribution in [0.2, 0.25) is 0 Å². The molecule has 0 aliphatic carbocycles. The Bertz CT molecular complexity index is 1040. The molecular formula is C25H30N6O2. The lowest BCUT2D eigenvalue weighted by Gasteiger charge is -2.19. The van der Waals surface area contributed by atoms with E-state index in [0.29, 0.717) is 17.9 Å². The maximum Gasteiger partial charge on any atom is 0.137 e. The fourth-order valence-electron chi connectivity index (χ4n) is 3.35. The number of hydrogen-bond donors (Lipinski definition) is 3. The molecular weight excluding hydrogens is 416 g/mol. The number of likely N-dealkylation sites (N-methyl/N-ethyl adjacent to an activating group) is 1. The first-order valence-corrected chi connectivity index (χ1v) is 10.9. The molecule has 2 aromatic rings. The third-order valence-corrected chi connectivity index (χ3v) is 5.18. The van der Waals surface area contributed by atoms with Crippen molar-refractivity contribution in [1.82, 2.24) is 5.32 Å². The largest absolute Gasteiger partial charge is 0.488 e. The first-order chi connectivity index (χ1) is 16.1. The van der Waals surface area contributed by atoms with Crippen LogP contribution in [0.1, 0.15) is 17.5 Å². The Balaban J connectivity index is 1.54. The summed E-state index contributed by atoms with van der Waals surface area (Å²) in [4.78, 5) is 6.33. The summed E-state index contributed by atoms with van der Waals surface area (Å²) in [7, 11) is 3.68. The van der Waals surface area contributed by atoms with Crippen LogP contribution in [0, 0.1) is 16.7 Å². The first kappa shape index (κ1) is 24.0. The van der Waals surface area contributed by atoms with Gasteiger partial charge in [-0.1, -0.05) is 6.07 Å². The van der Waals surface area contributed by atoms with Gasteiger partial charge in [0.2, 0.25) is 0 Å². The van der Waals surface area contributed by atoms with Crippen LogP contribution in [0.5, 0.6) is 5.75 Å². The second-order valence-corrected chi connectivity index (χ2v) is 7.70. The number of nitriles is 1. The fourth-order valence-corrected chi connectivity index (χ4v) is 3.35. The zero-order valence-electron chi connectivity index (χ0n) is 19.0. The highest BCUT2D eigenvalue weighted by molar-refractivity contribution is 6.01. The molecule has 0 bridgehead atoms. The van der Waals surface area contributed by atoms with Gasteiger partial charge < -0.3 is 25.0 Å². The lowest BCUT2D eigenvalue weighted by atomic mass is 10.1. The molecule has 3 N–H and O–H groups in total. The molecule has 8 heteroatoms. The van der Waals surface area contributed by atoms with E-state index in [2.05, 4.69) is 26.6 Å². The summed E-state index contributed by atoms with van der Waals surface area (Å²) < 4.78 is 11.0. The molecule has 0 aromatic heterocycles. The van der Waals surface area contributed by atoms with Crippen LogP contribution < -0.4 is 20.3 Å². The average molecular weight is 447 g/mol. The summed E-state index contributed by atoms with van der Waals surface area (Å²) in [5.74, 6) is 0.815. The molecule has 1 aliphatic rings. The zero-order valence-corrected chi connectivity index (χ0v) is 19.0. The molecule has 33 heavy (non-hydrogen) atoms. The summed E-state index contributed by atoms with van der Waals surface area (Å²) in [6, 6.07) is 15.5. The second kappa shape index (κ2) is 12.4. The predicted octanol–water partition coefficient (Wildman–Crippen LogP) is 3.40. The van der Waals surface area contributed by atoms with Crippen LogP contribution in [0.4, 0.5) is 11.4 Å². The fraction of sp³-hybridized carbons (Fsp3) is 0.320. The molecule has 1 fully saturated rings. The zero-order chi connectivity index (χ0) is 23.5. The highest BCUT2D eigenvalue weighted by atomic mass is 16.5. The highest BCUT2D eigenvalue weighted by Gasteiger charge is 2.17. The Hall–Kier alpha value is -3.67. The van der Waals surface area contributed by atoms with E-state index < -0.39 is 0 Å². The van der Waals surface area contributed by atoms with Crippen LogP contribution in [0.3, 0.4) is 0 Å². The quantitative estimate of drug-likeness (QED) is 0.382. The topological polar surface area (TPSA) is 106 Å². The molecule has 172 valence electrons. The molecule has 1 atom stereocenters. The van der Waals surface area contributed by atoms with Gasteiger partial charge in [0.05, 0.1) is 12.2 Å². The van der Waals surface area contributed by atoms with Gasteiger partial charge in [-0.05, 0) is 61.0 Å². The normalized spacial score (nSPS) is 15.6. The molecule has 8 nitrogen and oxygen atoms in total. The lowest BCUT2D eigenvalue weighted by Crippen LogP contribution is -2.22. The van der Waals surface area contributed by atoms with E-state index in [1.807, 2.05) is 43.4 Å². The van der Waals surface area contributed by atoms with Crippen molar-refractivity contribution in [1.29, 1.82) is 10.7 Å². The van der Waals surface area contributed by atoms with Crippen LogP contribution in [-0.2, 0) is 4.74 Å². The lowest BCUT2D eigenvalue weighted by molar-refractivity contribution is 0.206. The van der Waals surface area contributed by atoms with Gasteiger partial charge >= 0.3 is 0 Å². The van der Waals surface area contributed by atoms with E-state index in [1.54, 1.807) is 31.7 Å². The Kier molecular flexibility index (Phi) is 9.00. The first-order valence-electron chi connectivity index (χ1n) is 10.9. The number of methoxy groups -OCH3 is 1. The Morgan fingerprint density at radius 2 is 2.24 bits per heavy atom. The smallest absolute Gasteiger partial charge is 0.137 e. The van der Waals surface area contributed by atoms with E-state index in [9.17, 15) is 5.26 Å². The number of ether oxygens (including phenoxy) is 2. The van der Waals surface area contributed by atoms with Crippen molar-refractivity contribution >= 4 is 23.4 Å². The van der Waals surface area contributed by atoms with Crippen LogP contribution >= 0.6 is 0 Å². The molecule has 0 unspecified atom stereocenters. The Morgan fingerprint density at radius 3 is 3.00 bits per heavy atom. The van der Waals surface area contributed by atoms with Crippen molar-refractivity contribution in [3.05, 3.63) is 65.9 Å². The Morgan fingerprint density at radius 1 is 1.36 bits per heavy atom.